The van der Waals surface area contributed by atoms with Gasteiger partial charge in [0.05, 0.1) is 94.7 Å². The van der Waals surface area contributed by atoms with E-state index in [-0.39, 0.29) is 59.6 Å². The lowest BCUT2D eigenvalue weighted by Gasteiger charge is -2.33. The number of benzene rings is 4. The number of ether oxygens (including phenoxy) is 1. The van der Waals surface area contributed by atoms with Gasteiger partial charge in [-0.1, -0.05) is 159 Å². The first-order chi connectivity index (χ1) is 69.2. The number of carbonyl (C=O) groups excluding carboxylic acids is 6. The number of nitrogens with zero attached hydrogens (tertiary/aromatic N) is 20. The predicted octanol–water partition coefficient (Wildman–Crippen LogP) is 16.8. The van der Waals surface area contributed by atoms with Gasteiger partial charge in [-0.3, -0.25) is 49.2 Å². The number of rotatable bonds is 18. The number of methoxy groups -OCH3 is 1. The van der Waals surface area contributed by atoms with Gasteiger partial charge in [0.25, 0.3) is 17.7 Å². The lowest BCUT2D eigenvalue weighted by atomic mass is 9.92. The summed E-state index contributed by atoms with van der Waals surface area (Å²) in [6, 6.07) is 54.9. The van der Waals surface area contributed by atoms with E-state index in [4.69, 9.17) is 47.6 Å². The Labute approximate surface area is 856 Å². The average Bonchev–Trinajstić information content (AvgIpc) is 1.64. The molecule has 6 fully saturated rings. The first-order valence-electron chi connectivity index (χ1n) is 47.6. The first kappa shape index (κ1) is 97.6. The highest BCUT2D eigenvalue weighted by Crippen LogP contribution is 2.45. The molecule has 11 N–H and O–H groups in total. The van der Waals surface area contributed by atoms with Gasteiger partial charge in [-0.05, 0) is 159 Å². The fourth-order valence-corrected chi connectivity index (χ4v) is 21.4. The Hall–Kier alpha value is -14.2. The number of halogens is 4. The van der Waals surface area contributed by atoms with Crippen LogP contribution in [0.1, 0.15) is 138 Å². The minimum Gasteiger partial charge on any atom is -0.383 e. The van der Waals surface area contributed by atoms with Crippen molar-refractivity contribution in [2.75, 3.05) is 82.4 Å². The number of aromatic nitrogens is 16. The number of aliphatic hydroxyl groups is 1. The number of hydrogen-bond donors (Lipinski definition) is 7. The molecule has 0 spiro atoms. The second kappa shape index (κ2) is 42.2. The van der Waals surface area contributed by atoms with E-state index in [9.17, 15) is 33.9 Å². The molecule has 34 nitrogen and oxygen atoms in total. The molecule has 38 heteroatoms. The van der Waals surface area contributed by atoms with Gasteiger partial charge in [0.1, 0.15) is 41.0 Å². The van der Waals surface area contributed by atoms with Gasteiger partial charge in [0, 0.05) is 181 Å². The molecule has 5 aliphatic heterocycles. The van der Waals surface area contributed by atoms with Gasteiger partial charge in [-0.2, -0.15) is 38.5 Å². The summed E-state index contributed by atoms with van der Waals surface area (Å²) in [5.41, 5.74) is 46.0. The van der Waals surface area contributed by atoms with Crippen LogP contribution in [0.25, 0.3) is 112 Å². The van der Waals surface area contributed by atoms with Crippen molar-refractivity contribution < 1.29 is 38.6 Å². The summed E-state index contributed by atoms with van der Waals surface area (Å²) < 4.78 is 14.8. The molecule has 1 saturated carbocycles. The molecular formula is C105H104Br4N26O8. The highest BCUT2D eigenvalue weighted by Gasteiger charge is 2.51. The molecule has 17 heterocycles. The van der Waals surface area contributed by atoms with Crippen LogP contribution in [0.4, 0.5) is 28.1 Å². The third-order valence-electron chi connectivity index (χ3n) is 27.5. The molecule has 2 atom stereocenters. The number of likely N-dealkylation sites (tertiary alicyclic amines) is 4. The number of fused-ring (bicyclic) bond motifs is 4. The largest absolute Gasteiger partial charge is 0.383 e. The number of hydrogen-bond acceptors (Lipinski definition) is 24. The monoisotopic (exact) mass is 2170 g/mol. The minimum absolute atomic E-state index is 0.0182. The van der Waals surface area contributed by atoms with Crippen LogP contribution < -0.4 is 33.6 Å². The Morgan fingerprint density at radius 1 is 0.392 bits per heavy atom. The van der Waals surface area contributed by atoms with E-state index < -0.39 is 29.7 Å². The van der Waals surface area contributed by atoms with Gasteiger partial charge < -0.3 is 57.7 Å². The maximum Gasteiger partial charge on any atom is 0.322 e. The smallest absolute Gasteiger partial charge is 0.322 e. The van der Waals surface area contributed by atoms with Crippen LogP contribution in [-0.4, -0.2) is 216 Å². The molecule has 12 aromatic heterocycles. The molecule has 5 saturated heterocycles. The molecule has 1 unspecified atom stereocenters. The van der Waals surface area contributed by atoms with E-state index in [0.29, 0.717) is 115 Å². The first-order valence-corrected chi connectivity index (χ1v) is 50.8. The van der Waals surface area contributed by atoms with Crippen molar-refractivity contribution in [3.05, 3.63) is 260 Å². The normalized spacial score (nSPS) is 16.5. The lowest BCUT2D eigenvalue weighted by molar-refractivity contribution is -0.143. The van der Waals surface area contributed by atoms with E-state index in [1.165, 1.54) is 0 Å². The quantitative estimate of drug-likeness (QED) is 0.0392. The zero-order valence-electron chi connectivity index (χ0n) is 78.8. The van der Waals surface area contributed by atoms with Crippen LogP contribution in [0.2, 0.25) is 0 Å². The van der Waals surface area contributed by atoms with E-state index >= 15 is 0 Å². The molecule has 16 aromatic rings. The van der Waals surface area contributed by atoms with Crippen molar-refractivity contribution in [1.29, 1.82) is 0 Å². The summed E-state index contributed by atoms with van der Waals surface area (Å²) in [4.78, 5) is 119. The van der Waals surface area contributed by atoms with Gasteiger partial charge in [0.15, 0.2) is 22.6 Å². The van der Waals surface area contributed by atoms with Gasteiger partial charge in [-0.15, -0.1) is 0 Å². The molecule has 1 aliphatic carbocycles. The molecule has 22 rings (SSSR count). The molecule has 6 aliphatic rings. The maximum absolute atomic E-state index is 12.8. The van der Waals surface area contributed by atoms with Crippen molar-refractivity contribution in [2.24, 2.45) is 5.92 Å². The number of nitrogens with one attached hydrogen (secondary N) is 2. The fraction of sp³-hybridized carbons (Fsp3) is 0.295. The maximum atomic E-state index is 12.8. The summed E-state index contributed by atoms with van der Waals surface area (Å²) in [7, 11) is 1.56. The zero-order chi connectivity index (χ0) is 99.6. The van der Waals surface area contributed by atoms with E-state index in [1.54, 1.807) is 66.7 Å². The average molecular weight is 2180 g/mol. The van der Waals surface area contributed by atoms with Crippen LogP contribution in [-0.2, 0) is 28.7 Å². The van der Waals surface area contributed by atoms with Crippen LogP contribution in [0.15, 0.2) is 237 Å². The molecule has 143 heavy (non-hydrogen) atoms. The number of nitrogens with two attached hydrogens (primary N) is 4. The standard InChI is InChI=1S/C27H25BrN8O3.C26H25BrN6O2.C26H27BrN6O2.C26H27BrN6O/c28-22-23(16-8-10-35(11-9-16)21(37)12-20-26(38)34-27(39)32-20)33-25-18(14-31-36(25)24(22)29)17-6-7-19(30-13-17)15-4-2-1-3-5-15;27-21-22(17-8-12-32(13-9-17)25(34)26(35)10-11-26)31-24-19(15-30-33(24)23(21)28)18-6-7-20(29-14-18)16-4-2-1-3-5-16;1-16(35-2)26(34)32-12-10-18(11-13-32)23-22(27)24(28)33-25(31-23)20(15-30-33)19-8-9-21(29-14-19)17-6-4-3-5-7-17;1-16(2)26(34)32-12-10-18(11-13-32)23-22(27)24(28)33-25(31-23)20(15-30-33)19-8-9-21(29-14-19)17-6-4-3-5-7-17/h1-7,13-14,16,20H,8-12,29H2,(H2,32,34,38,39);1-7,14-15,17,35H,8-13,28H2;3-9,14-16,18H,10-13,28H2,1-2H3;3-9,14-16,18H,10-13,28H2,1-2H3/t;;16-;/m..1./s1. The van der Waals surface area contributed by atoms with E-state index in [0.717, 1.165) is 177 Å². The zero-order valence-corrected chi connectivity index (χ0v) is 85.2. The van der Waals surface area contributed by atoms with E-state index in [1.807, 2.05) is 218 Å². The SMILES string of the molecule is CC(C)C(=O)N1CCC(c2nc3c(-c4ccc(-c5ccccc5)nc4)cnn3c(N)c2Br)CC1.CO[C@H](C)C(=O)N1CCC(c2nc3c(-c4ccc(-c5ccccc5)nc4)cnn3c(N)c2Br)CC1.Nc1c(Br)c(C2CCN(C(=O)C3(O)CC3)CC2)nc2c(-c3ccc(-c4ccccc4)nc3)cnn12.Nc1c(Br)c(C2CCN(C(=O)CC3NC(=O)NC3=O)CC2)nc2c(-c3ccc(-c4ccccc4)nc3)cnn12. The lowest BCUT2D eigenvalue weighted by Crippen LogP contribution is -2.44. The topological polar surface area (TPSA) is 445 Å². The Morgan fingerprint density at radius 2 is 0.671 bits per heavy atom. The number of urea groups is 1. The van der Waals surface area contributed by atoms with Crippen LogP contribution in [0.3, 0.4) is 0 Å². The third-order valence-corrected chi connectivity index (χ3v) is 30.8. The summed E-state index contributed by atoms with van der Waals surface area (Å²) >= 11 is 14.6. The van der Waals surface area contributed by atoms with Crippen molar-refractivity contribution in [1.82, 2.24) is 109 Å². The molecular weight excluding hydrogens is 2070 g/mol. The van der Waals surface area contributed by atoms with Crippen molar-refractivity contribution in [2.45, 2.75) is 133 Å². The second-order valence-electron chi connectivity index (χ2n) is 36.9. The second-order valence-corrected chi connectivity index (χ2v) is 40.0. The van der Waals surface area contributed by atoms with Gasteiger partial charge in [0.2, 0.25) is 11.8 Å². The number of piperidine rings is 4. The Balaban J connectivity index is 0.000000121. The highest BCUT2D eigenvalue weighted by atomic mass is 79.9. The molecule has 0 radical (unpaired) electrons. The van der Waals surface area contributed by atoms with Crippen LogP contribution in [0.5, 0.6) is 0 Å². The number of nitrogen functional groups attached to an aromatic ring is 4. The summed E-state index contributed by atoms with van der Waals surface area (Å²) in [5.74, 6) is 2.10. The third kappa shape index (κ3) is 20.4. The van der Waals surface area contributed by atoms with Gasteiger partial charge in [-0.25, -0.2) is 24.7 Å². The summed E-state index contributed by atoms with van der Waals surface area (Å²) in [5, 5.41) is 32.8. The number of pyridine rings is 4. The Bertz CT molecular complexity index is 7420. The molecule has 4 aromatic carbocycles. The number of imide groups is 1. The fourth-order valence-electron chi connectivity index (χ4n) is 19.0. The minimum atomic E-state index is -1.12. The van der Waals surface area contributed by atoms with Crippen molar-refractivity contribution in [3.8, 4) is 89.5 Å². The number of carbonyl (C=O) groups is 6. The van der Waals surface area contributed by atoms with E-state index in [2.05, 4.69) is 115 Å². The molecule has 7 amide bonds. The van der Waals surface area contributed by atoms with Crippen molar-refractivity contribution in [3.63, 3.8) is 0 Å². The number of anilines is 4. The summed E-state index contributed by atoms with van der Waals surface area (Å²) in [6.45, 7) is 10.7. The van der Waals surface area contributed by atoms with Gasteiger partial charge >= 0.3 is 6.03 Å². The van der Waals surface area contributed by atoms with Crippen LogP contribution >= 0.6 is 63.7 Å². The number of amides is 7. The predicted molar refractivity (Wildman–Crippen MR) is 560 cm³/mol. The van der Waals surface area contributed by atoms with Crippen LogP contribution in [0, 0.1) is 5.92 Å². The molecule has 730 valence electrons. The summed E-state index contributed by atoms with van der Waals surface area (Å²) in [6.07, 6.45) is 21.3. The Morgan fingerprint density at radius 3 is 0.923 bits per heavy atom. The van der Waals surface area contributed by atoms with Crippen molar-refractivity contribution >= 4 is 145 Å². The highest BCUT2D eigenvalue weighted by molar-refractivity contribution is 9.11. The molecule has 0 bridgehead atoms. The Kier molecular flexibility index (Phi) is 28.8.